The molecule has 1 heterocycles. The smallest absolute Gasteiger partial charge is 0.171 e. The molecule has 0 amide bonds. The van der Waals surface area contributed by atoms with Crippen molar-refractivity contribution in [1.29, 1.82) is 0 Å². The second-order valence-corrected chi connectivity index (χ2v) is 3.61. The molecule has 0 N–H and O–H groups in total. The summed E-state index contributed by atoms with van der Waals surface area (Å²) < 4.78 is 10.0. The van der Waals surface area contributed by atoms with Gasteiger partial charge in [-0.3, -0.25) is 0 Å². The summed E-state index contributed by atoms with van der Waals surface area (Å²) in [6, 6.07) is 0. The second kappa shape index (κ2) is 6.16. The summed E-state index contributed by atoms with van der Waals surface area (Å²) in [6.07, 6.45) is 0. The van der Waals surface area contributed by atoms with Crippen molar-refractivity contribution in [3.05, 3.63) is 0 Å². The first-order valence-electron chi connectivity index (χ1n) is 4.81. The molecule has 1 fully saturated rings. The molecule has 82 valence electrons. The molecule has 0 aliphatic carbocycles. The van der Waals surface area contributed by atoms with E-state index >= 15 is 0 Å². The van der Waals surface area contributed by atoms with Crippen LogP contribution in [0.5, 0.6) is 0 Å². The van der Waals surface area contributed by atoms with Crippen LogP contribution in [0.4, 0.5) is 0 Å². The first-order valence-corrected chi connectivity index (χ1v) is 5.22. The van der Waals surface area contributed by atoms with Crippen molar-refractivity contribution in [2.45, 2.75) is 0 Å². The predicted molar refractivity (Wildman–Crippen MR) is 59.5 cm³/mol. The Morgan fingerprint density at radius 1 is 1.07 bits per heavy atom. The van der Waals surface area contributed by atoms with E-state index in [-0.39, 0.29) is 0 Å². The fourth-order valence-corrected chi connectivity index (χ4v) is 1.82. The van der Waals surface area contributed by atoms with Gasteiger partial charge in [0.05, 0.1) is 13.2 Å². The molecule has 0 aromatic carbocycles. The Kier molecular flexibility index (Phi) is 5.14. The minimum atomic E-state index is 0.734. The zero-order chi connectivity index (χ0) is 10.4. The summed E-state index contributed by atoms with van der Waals surface area (Å²) in [5, 5.41) is 0.930. The van der Waals surface area contributed by atoms with E-state index in [0.717, 1.165) is 44.5 Å². The van der Waals surface area contributed by atoms with Crippen LogP contribution in [0.15, 0.2) is 0 Å². The Balaban J connectivity index is 2.28. The molecule has 14 heavy (non-hydrogen) atoms. The molecule has 0 atom stereocenters. The average molecular weight is 218 g/mol. The van der Waals surface area contributed by atoms with Crippen LogP contribution in [0, 0.1) is 0 Å². The summed E-state index contributed by atoms with van der Waals surface area (Å²) in [5.41, 5.74) is 0. The largest absolute Gasteiger partial charge is 0.383 e. The molecule has 5 heteroatoms. The molecule has 1 saturated heterocycles. The SMILES string of the molecule is COCCN1CCN(CCOC)C1=S. The Labute approximate surface area is 90.8 Å². The number of methoxy groups -OCH3 is 2. The zero-order valence-electron chi connectivity index (χ0n) is 8.86. The van der Waals surface area contributed by atoms with Gasteiger partial charge in [0, 0.05) is 40.4 Å². The molecule has 1 rings (SSSR count). The zero-order valence-corrected chi connectivity index (χ0v) is 9.68. The van der Waals surface area contributed by atoms with Gasteiger partial charge in [0.15, 0.2) is 5.11 Å². The van der Waals surface area contributed by atoms with Crippen molar-refractivity contribution >= 4 is 17.3 Å². The highest BCUT2D eigenvalue weighted by Crippen LogP contribution is 2.07. The fourth-order valence-electron chi connectivity index (χ4n) is 1.45. The number of hydrogen-bond acceptors (Lipinski definition) is 3. The van der Waals surface area contributed by atoms with E-state index in [0.29, 0.717) is 0 Å². The Hall–Kier alpha value is -0.390. The highest BCUT2D eigenvalue weighted by atomic mass is 32.1. The lowest BCUT2D eigenvalue weighted by Crippen LogP contribution is -2.35. The molecule has 0 aromatic rings. The van der Waals surface area contributed by atoms with E-state index in [1.54, 1.807) is 14.2 Å². The van der Waals surface area contributed by atoms with E-state index in [1.165, 1.54) is 0 Å². The van der Waals surface area contributed by atoms with Gasteiger partial charge in [-0.1, -0.05) is 0 Å². The van der Waals surface area contributed by atoms with Gasteiger partial charge < -0.3 is 19.3 Å². The van der Waals surface area contributed by atoms with Crippen LogP contribution in [0.1, 0.15) is 0 Å². The predicted octanol–water partition coefficient (Wildman–Crippen LogP) is 0.182. The number of thiocarbonyl (C=S) groups is 1. The van der Waals surface area contributed by atoms with Gasteiger partial charge in [-0.05, 0) is 12.2 Å². The van der Waals surface area contributed by atoms with Gasteiger partial charge in [-0.15, -0.1) is 0 Å². The molecule has 1 aliphatic rings. The van der Waals surface area contributed by atoms with Crippen molar-refractivity contribution in [1.82, 2.24) is 9.80 Å². The summed E-state index contributed by atoms with van der Waals surface area (Å²) in [7, 11) is 3.42. The quantitative estimate of drug-likeness (QED) is 0.592. The molecule has 0 saturated carbocycles. The van der Waals surface area contributed by atoms with Gasteiger partial charge in [-0.25, -0.2) is 0 Å². The highest BCUT2D eigenvalue weighted by molar-refractivity contribution is 7.80. The minimum Gasteiger partial charge on any atom is -0.383 e. The molecular formula is C9H18N2O2S. The maximum atomic E-state index is 5.33. The molecule has 0 aromatic heterocycles. The molecule has 0 bridgehead atoms. The summed E-state index contributed by atoms with van der Waals surface area (Å²) >= 11 is 5.33. The topological polar surface area (TPSA) is 24.9 Å². The maximum absolute atomic E-state index is 5.33. The second-order valence-electron chi connectivity index (χ2n) is 3.24. The molecular weight excluding hydrogens is 200 g/mol. The van der Waals surface area contributed by atoms with E-state index in [4.69, 9.17) is 21.7 Å². The number of ether oxygens (including phenoxy) is 2. The molecule has 1 aliphatic heterocycles. The van der Waals surface area contributed by atoms with Crippen molar-refractivity contribution in [3.8, 4) is 0 Å². The lowest BCUT2D eigenvalue weighted by Gasteiger charge is -2.21. The average Bonchev–Trinajstić information content (AvgIpc) is 2.54. The van der Waals surface area contributed by atoms with Crippen LogP contribution in [0.25, 0.3) is 0 Å². The van der Waals surface area contributed by atoms with Gasteiger partial charge in [0.25, 0.3) is 0 Å². The first kappa shape index (κ1) is 11.7. The Morgan fingerprint density at radius 3 is 1.86 bits per heavy atom. The molecule has 0 spiro atoms. The van der Waals surface area contributed by atoms with Crippen LogP contribution in [0.2, 0.25) is 0 Å². The van der Waals surface area contributed by atoms with E-state index in [9.17, 15) is 0 Å². The number of hydrogen-bond donors (Lipinski definition) is 0. The minimum absolute atomic E-state index is 0.734. The first-order chi connectivity index (χ1) is 6.79. The Morgan fingerprint density at radius 2 is 1.50 bits per heavy atom. The van der Waals surface area contributed by atoms with Gasteiger partial charge >= 0.3 is 0 Å². The maximum Gasteiger partial charge on any atom is 0.171 e. The number of rotatable bonds is 6. The fraction of sp³-hybridized carbons (Fsp3) is 0.889. The third-order valence-electron chi connectivity index (χ3n) is 2.31. The lowest BCUT2D eigenvalue weighted by molar-refractivity contribution is 0.178. The van der Waals surface area contributed by atoms with E-state index in [2.05, 4.69) is 9.80 Å². The Bertz CT molecular complexity index is 172. The van der Waals surface area contributed by atoms with E-state index < -0.39 is 0 Å². The summed E-state index contributed by atoms with van der Waals surface area (Å²) in [5.74, 6) is 0. The molecule has 4 nitrogen and oxygen atoms in total. The number of nitrogens with zero attached hydrogens (tertiary/aromatic N) is 2. The monoisotopic (exact) mass is 218 g/mol. The highest BCUT2D eigenvalue weighted by Gasteiger charge is 2.23. The van der Waals surface area contributed by atoms with Gasteiger partial charge in [0.1, 0.15) is 0 Å². The summed E-state index contributed by atoms with van der Waals surface area (Å²) in [6.45, 7) is 5.26. The normalized spacial score (nSPS) is 16.9. The van der Waals surface area contributed by atoms with Crippen molar-refractivity contribution in [3.63, 3.8) is 0 Å². The van der Waals surface area contributed by atoms with Gasteiger partial charge in [0.2, 0.25) is 0 Å². The third-order valence-corrected chi connectivity index (χ3v) is 2.83. The third kappa shape index (κ3) is 3.08. The van der Waals surface area contributed by atoms with Crippen molar-refractivity contribution < 1.29 is 9.47 Å². The van der Waals surface area contributed by atoms with Gasteiger partial charge in [-0.2, -0.15) is 0 Å². The van der Waals surface area contributed by atoms with Crippen molar-refractivity contribution in [2.75, 3.05) is 53.6 Å². The van der Waals surface area contributed by atoms with Crippen LogP contribution in [-0.2, 0) is 9.47 Å². The summed E-state index contributed by atoms with van der Waals surface area (Å²) in [4.78, 5) is 4.35. The molecule has 0 unspecified atom stereocenters. The van der Waals surface area contributed by atoms with Crippen LogP contribution in [0.3, 0.4) is 0 Å². The standard InChI is InChI=1S/C9H18N2O2S/c1-12-7-5-10-3-4-11(9(10)14)6-8-13-2/h3-8H2,1-2H3. The lowest BCUT2D eigenvalue weighted by atomic mass is 10.5. The van der Waals surface area contributed by atoms with Crippen molar-refractivity contribution in [2.24, 2.45) is 0 Å². The van der Waals surface area contributed by atoms with Crippen LogP contribution in [-0.4, -0.2) is 68.5 Å². The van der Waals surface area contributed by atoms with Crippen LogP contribution < -0.4 is 0 Å². The van der Waals surface area contributed by atoms with Crippen LogP contribution >= 0.6 is 12.2 Å². The van der Waals surface area contributed by atoms with E-state index in [1.807, 2.05) is 0 Å². The molecule has 0 radical (unpaired) electrons.